The number of nitrogens with two attached hydrogens (primary N) is 1. The number of anilines is 2. The summed E-state index contributed by atoms with van der Waals surface area (Å²) in [5, 5.41) is 0.470. The molecule has 3 N–H and O–H groups in total. The van der Waals surface area contributed by atoms with E-state index in [0.29, 0.717) is 10.2 Å². The molecule has 0 radical (unpaired) electrons. The van der Waals surface area contributed by atoms with Crippen molar-refractivity contribution in [2.24, 2.45) is 0 Å². The summed E-state index contributed by atoms with van der Waals surface area (Å²) in [6.45, 7) is 1.86. The largest absolute Gasteiger partial charge is 0.397 e. The van der Waals surface area contributed by atoms with E-state index in [2.05, 4.69) is 20.7 Å². The highest BCUT2D eigenvalue weighted by molar-refractivity contribution is 9.10. The molecule has 2 aromatic rings. The number of nitrogen functional groups attached to an aromatic ring is 1. The van der Waals surface area contributed by atoms with Crippen molar-refractivity contribution >= 4 is 60.5 Å². The van der Waals surface area contributed by atoms with E-state index in [1.807, 2.05) is 6.92 Å². The third kappa shape index (κ3) is 3.83. The van der Waals surface area contributed by atoms with Gasteiger partial charge in [-0.2, -0.15) is 0 Å². The molecule has 2 aromatic carbocycles. The molecular formula is C13H11BrCl2N2O2S. The van der Waals surface area contributed by atoms with Gasteiger partial charge in [0, 0.05) is 14.5 Å². The number of hydrogen-bond acceptors (Lipinski definition) is 3. The highest BCUT2D eigenvalue weighted by Crippen LogP contribution is 2.33. The third-order valence-electron chi connectivity index (χ3n) is 2.65. The van der Waals surface area contributed by atoms with Crippen molar-refractivity contribution in [1.29, 1.82) is 0 Å². The van der Waals surface area contributed by atoms with Gasteiger partial charge in [0.05, 0.1) is 16.3 Å². The highest BCUT2D eigenvalue weighted by Gasteiger charge is 2.18. The molecule has 0 spiro atoms. The molecule has 0 amide bonds. The van der Waals surface area contributed by atoms with Crippen molar-refractivity contribution in [2.75, 3.05) is 10.5 Å². The lowest BCUT2D eigenvalue weighted by Gasteiger charge is -2.13. The van der Waals surface area contributed by atoms with Gasteiger partial charge in [-0.05, 0) is 58.7 Å². The van der Waals surface area contributed by atoms with E-state index in [9.17, 15) is 8.42 Å². The number of hydrogen-bond donors (Lipinski definition) is 2. The molecule has 0 aliphatic rings. The lowest BCUT2D eigenvalue weighted by atomic mass is 10.2. The van der Waals surface area contributed by atoms with Crippen molar-refractivity contribution in [1.82, 2.24) is 0 Å². The van der Waals surface area contributed by atoms with Crippen LogP contribution in [-0.2, 0) is 10.0 Å². The zero-order valence-electron chi connectivity index (χ0n) is 10.8. The fourth-order valence-corrected chi connectivity index (χ4v) is 4.41. The second-order valence-corrected chi connectivity index (χ2v) is 7.83. The first-order valence-electron chi connectivity index (χ1n) is 5.73. The maximum atomic E-state index is 12.4. The summed E-state index contributed by atoms with van der Waals surface area (Å²) in [5.74, 6) is 0. The van der Waals surface area contributed by atoms with Gasteiger partial charge in [0.15, 0.2) is 0 Å². The Morgan fingerprint density at radius 1 is 1.10 bits per heavy atom. The summed E-state index contributed by atoms with van der Waals surface area (Å²) in [4.78, 5) is -0.0353. The van der Waals surface area contributed by atoms with Gasteiger partial charge < -0.3 is 5.73 Å². The Morgan fingerprint density at radius 3 is 2.19 bits per heavy atom. The van der Waals surface area contributed by atoms with Crippen LogP contribution in [0.1, 0.15) is 5.56 Å². The minimum Gasteiger partial charge on any atom is -0.397 e. The fourth-order valence-electron chi connectivity index (χ4n) is 1.75. The van der Waals surface area contributed by atoms with Crippen LogP contribution in [0, 0.1) is 6.92 Å². The molecule has 0 aliphatic heterocycles. The van der Waals surface area contributed by atoms with Crippen molar-refractivity contribution in [3.63, 3.8) is 0 Å². The van der Waals surface area contributed by atoms with Gasteiger partial charge in [0.25, 0.3) is 10.0 Å². The summed E-state index contributed by atoms with van der Waals surface area (Å²) in [5.41, 5.74) is 7.36. The zero-order valence-corrected chi connectivity index (χ0v) is 14.7. The standard InChI is InChI=1S/C13H11BrCl2N2O2S/c1-7-2-11(14)13(12(17)3-7)18-21(19,20)10-5-8(15)4-9(16)6-10/h2-6,18H,17H2,1H3. The summed E-state index contributed by atoms with van der Waals surface area (Å²) in [6, 6.07) is 7.52. The van der Waals surface area contributed by atoms with Gasteiger partial charge in [-0.3, -0.25) is 4.72 Å². The molecule has 0 fully saturated rings. The Labute approximate surface area is 141 Å². The minimum atomic E-state index is -3.85. The van der Waals surface area contributed by atoms with Crippen LogP contribution in [0.4, 0.5) is 11.4 Å². The van der Waals surface area contributed by atoms with Gasteiger partial charge in [-0.1, -0.05) is 23.2 Å². The molecule has 0 bridgehead atoms. The Balaban J connectivity index is 2.47. The van der Waals surface area contributed by atoms with Crippen LogP contribution >= 0.6 is 39.1 Å². The average Bonchev–Trinajstić information content (AvgIpc) is 2.32. The van der Waals surface area contributed by atoms with Crippen LogP contribution in [0.15, 0.2) is 39.7 Å². The smallest absolute Gasteiger partial charge is 0.262 e. The molecule has 0 saturated carbocycles. The molecule has 0 aliphatic carbocycles. The van der Waals surface area contributed by atoms with Gasteiger partial charge in [-0.15, -0.1) is 0 Å². The summed E-state index contributed by atoms with van der Waals surface area (Å²) < 4.78 is 27.8. The topological polar surface area (TPSA) is 72.2 Å². The lowest BCUT2D eigenvalue weighted by molar-refractivity contribution is 0.601. The highest BCUT2D eigenvalue weighted by atomic mass is 79.9. The van der Waals surface area contributed by atoms with Gasteiger partial charge in [-0.25, -0.2) is 8.42 Å². The number of rotatable bonds is 3. The lowest BCUT2D eigenvalue weighted by Crippen LogP contribution is -2.14. The Bertz CT molecular complexity index is 767. The van der Waals surface area contributed by atoms with Crippen LogP contribution in [0.3, 0.4) is 0 Å². The van der Waals surface area contributed by atoms with Crippen molar-refractivity contribution < 1.29 is 8.42 Å². The molecule has 0 atom stereocenters. The second-order valence-electron chi connectivity index (χ2n) is 4.42. The van der Waals surface area contributed by atoms with Gasteiger partial charge >= 0.3 is 0 Å². The predicted octanol–water partition coefficient (Wildman–Crippen LogP) is 4.45. The van der Waals surface area contributed by atoms with E-state index >= 15 is 0 Å². The Kier molecular flexibility index (Phi) is 4.72. The Morgan fingerprint density at radius 2 is 1.67 bits per heavy atom. The van der Waals surface area contributed by atoms with Gasteiger partial charge in [0.2, 0.25) is 0 Å². The van der Waals surface area contributed by atoms with E-state index in [1.54, 1.807) is 12.1 Å². The maximum Gasteiger partial charge on any atom is 0.262 e. The normalized spacial score (nSPS) is 11.4. The second kappa shape index (κ2) is 6.04. The van der Waals surface area contributed by atoms with Crippen molar-refractivity contribution in [2.45, 2.75) is 11.8 Å². The molecule has 0 heterocycles. The van der Waals surface area contributed by atoms with E-state index in [4.69, 9.17) is 28.9 Å². The van der Waals surface area contributed by atoms with E-state index in [0.717, 1.165) is 5.56 Å². The third-order valence-corrected chi connectivity index (χ3v) is 5.04. The van der Waals surface area contributed by atoms with Crippen LogP contribution in [0.2, 0.25) is 10.0 Å². The summed E-state index contributed by atoms with van der Waals surface area (Å²) in [7, 11) is -3.85. The number of benzene rings is 2. The number of aryl methyl sites for hydroxylation is 1. The zero-order chi connectivity index (χ0) is 15.8. The number of nitrogens with one attached hydrogen (secondary N) is 1. The number of halogens is 3. The van der Waals surface area contributed by atoms with E-state index in [-0.39, 0.29) is 20.6 Å². The molecule has 8 heteroatoms. The molecule has 0 unspecified atom stereocenters. The van der Waals surface area contributed by atoms with Crippen LogP contribution in [0.25, 0.3) is 0 Å². The van der Waals surface area contributed by atoms with E-state index < -0.39 is 10.0 Å². The summed E-state index contributed by atoms with van der Waals surface area (Å²) in [6.07, 6.45) is 0. The number of sulfonamides is 1. The quantitative estimate of drug-likeness (QED) is 0.735. The van der Waals surface area contributed by atoms with E-state index in [1.165, 1.54) is 18.2 Å². The van der Waals surface area contributed by atoms with Gasteiger partial charge in [0.1, 0.15) is 0 Å². The summed E-state index contributed by atoms with van der Waals surface area (Å²) >= 11 is 15.0. The molecule has 21 heavy (non-hydrogen) atoms. The van der Waals surface area contributed by atoms with Crippen molar-refractivity contribution in [3.8, 4) is 0 Å². The van der Waals surface area contributed by atoms with Crippen LogP contribution in [-0.4, -0.2) is 8.42 Å². The SMILES string of the molecule is Cc1cc(N)c(NS(=O)(=O)c2cc(Cl)cc(Cl)c2)c(Br)c1. The monoisotopic (exact) mass is 408 g/mol. The molecule has 4 nitrogen and oxygen atoms in total. The van der Waals surface area contributed by atoms with Crippen molar-refractivity contribution in [3.05, 3.63) is 50.4 Å². The first-order valence-corrected chi connectivity index (χ1v) is 8.77. The molecule has 112 valence electrons. The first-order chi connectivity index (χ1) is 9.69. The predicted molar refractivity (Wildman–Crippen MR) is 90.6 cm³/mol. The minimum absolute atomic E-state index is 0.0353. The molecular weight excluding hydrogens is 399 g/mol. The Hall–Kier alpha value is -0.950. The van der Waals surface area contributed by atoms with Crippen LogP contribution in [0.5, 0.6) is 0 Å². The first kappa shape index (κ1) is 16.4. The van der Waals surface area contributed by atoms with Crippen LogP contribution < -0.4 is 10.5 Å². The molecule has 2 rings (SSSR count). The molecule has 0 saturated heterocycles. The fraction of sp³-hybridized carbons (Fsp3) is 0.0769. The average molecular weight is 410 g/mol. The molecule has 0 aromatic heterocycles. The maximum absolute atomic E-state index is 12.4.